The zero-order chi connectivity index (χ0) is 19.0. The number of allylic oxidation sites excluding steroid dienone is 1. The van der Waals surface area contributed by atoms with Crippen molar-refractivity contribution in [3.05, 3.63) is 46.6 Å². The Balaban J connectivity index is 3.16. The van der Waals surface area contributed by atoms with Gasteiger partial charge in [-0.3, -0.25) is 4.79 Å². The molecule has 1 rings (SSSR count). The molecule has 0 aliphatic heterocycles. The van der Waals surface area contributed by atoms with Crippen molar-refractivity contribution in [2.45, 2.75) is 25.6 Å². The average molecular weight is 380 g/mol. The van der Waals surface area contributed by atoms with Crippen molar-refractivity contribution >= 4 is 23.5 Å². The first-order chi connectivity index (χ1) is 11.7. The minimum Gasteiger partial charge on any atom is -0.469 e. The summed E-state index contributed by atoms with van der Waals surface area (Å²) in [6, 6.07) is 4.82. The van der Waals surface area contributed by atoms with Crippen LogP contribution in [0.5, 0.6) is 0 Å². The van der Waals surface area contributed by atoms with Crippen molar-refractivity contribution in [1.29, 1.82) is 0 Å². The molecule has 9 heteroatoms. The molecule has 0 aliphatic rings. The van der Waals surface area contributed by atoms with E-state index >= 15 is 0 Å². The quantitative estimate of drug-likeness (QED) is 0.580. The maximum Gasteiger partial charge on any atom is 0.431 e. The SMILES string of the molecule is CCOC(=O)C=C(NC(CC(=O)OC)c1ccc(Cl)cc1)C(F)(F)F. The van der Waals surface area contributed by atoms with Gasteiger partial charge in [0.05, 0.1) is 32.3 Å². The highest BCUT2D eigenvalue weighted by Crippen LogP contribution is 2.28. The van der Waals surface area contributed by atoms with Crippen LogP contribution >= 0.6 is 11.6 Å². The predicted octanol–water partition coefficient (Wildman–Crippen LogP) is 3.54. The molecule has 0 fully saturated rings. The van der Waals surface area contributed by atoms with Crippen LogP contribution in [0.1, 0.15) is 24.9 Å². The van der Waals surface area contributed by atoms with E-state index in [2.05, 4.69) is 14.8 Å². The Morgan fingerprint density at radius 1 is 1.28 bits per heavy atom. The summed E-state index contributed by atoms with van der Waals surface area (Å²) in [7, 11) is 1.13. The molecular formula is C16H17ClF3NO4. The number of rotatable bonds is 7. The molecule has 0 aromatic heterocycles. The topological polar surface area (TPSA) is 64.6 Å². The molecule has 0 aliphatic carbocycles. The van der Waals surface area contributed by atoms with Gasteiger partial charge in [-0.1, -0.05) is 23.7 Å². The molecule has 1 aromatic carbocycles. The molecule has 0 bridgehead atoms. The van der Waals surface area contributed by atoms with E-state index in [1.54, 1.807) is 0 Å². The number of methoxy groups -OCH3 is 1. The zero-order valence-corrected chi connectivity index (χ0v) is 14.3. The van der Waals surface area contributed by atoms with E-state index in [1.807, 2.05) is 0 Å². The molecule has 0 saturated carbocycles. The van der Waals surface area contributed by atoms with Crippen LogP contribution in [0, 0.1) is 0 Å². The van der Waals surface area contributed by atoms with Crippen LogP contribution in [0.3, 0.4) is 0 Å². The highest BCUT2D eigenvalue weighted by molar-refractivity contribution is 6.30. The average Bonchev–Trinajstić information content (AvgIpc) is 2.53. The number of nitrogens with one attached hydrogen (secondary N) is 1. The fourth-order valence-corrected chi connectivity index (χ4v) is 2.02. The van der Waals surface area contributed by atoms with Gasteiger partial charge < -0.3 is 14.8 Å². The van der Waals surface area contributed by atoms with Crippen molar-refractivity contribution in [2.75, 3.05) is 13.7 Å². The number of ether oxygens (including phenoxy) is 2. The van der Waals surface area contributed by atoms with Gasteiger partial charge in [-0.05, 0) is 24.6 Å². The van der Waals surface area contributed by atoms with Crippen LogP contribution < -0.4 is 5.32 Å². The van der Waals surface area contributed by atoms with Gasteiger partial charge in [0, 0.05) is 5.02 Å². The van der Waals surface area contributed by atoms with Crippen LogP contribution in [0.4, 0.5) is 13.2 Å². The van der Waals surface area contributed by atoms with Crippen LogP contribution in [0.2, 0.25) is 5.02 Å². The maximum atomic E-state index is 13.2. The van der Waals surface area contributed by atoms with E-state index in [4.69, 9.17) is 11.6 Å². The largest absolute Gasteiger partial charge is 0.469 e. The van der Waals surface area contributed by atoms with Gasteiger partial charge in [0.2, 0.25) is 0 Å². The smallest absolute Gasteiger partial charge is 0.431 e. The third kappa shape index (κ3) is 7.04. The summed E-state index contributed by atoms with van der Waals surface area (Å²) >= 11 is 5.77. The number of benzene rings is 1. The Hall–Kier alpha value is -2.22. The Morgan fingerprint density at radius 3 is 2.36 bits per heavy atom. The summed E-state index contributed by atoms with van der Waals surface area (Å²) in [5, 5.41) is 2.56. The molecule has 1 aromatic rings. The van der Waals surface area contributed by atoms with Crippen LogP contribution in [0.15, 0.2) is 36.0 Å². The normalized spacial score (nSPS) is 13.1. The van der Waals surface area contributed by atoms with Crippen LogP contribution in [-0.2, 0) is 19.1 Å². The number of carbonyl (C=O) groups is 2. The summed E-state index contributed by atoms with van der Waals surface area (Å²) in [6.07, 6.45) is -4.91. The van der Waals surface area contributed by atoms with Crippen molar-refractivity contribution in [1.82, 2.24) is 5.32 Å². The second kappa shape index (κ2) is 9.31. The first kappa shape index (κ1) is 20.8. The molecule has 1 unspecified atom stereocenters. The maximum absolute atomic E-state index is 13.2. The first-order valence-electron chi connectivity index (χ1n) is 7.21. The number of hydrogen-bond donors (Lipinski definition) is 1. The standard InChI is InChI=1S/C16H17ClF3NO4/c1-3-25-15(23)9-13(16(18,19)20)21-12(8-14(22)24-2)10-4-6-11(17)7-5-10/h4-7,9,12,21H,3,8H2,1-2H3. The molecule has 0 saturated heterocycles. The lowest BCUT2D eigenvalue weighted by atomic mass is 10.0. The fourth-order valence-electron chi connectivity index (χ4n) is 1.89. The van der Waals surface area contributed by atoms with Crippen molar-refractivity contribution in [3.63, 3.8) is 0 Å². The van der Waals surface area contributed by atoms with Crippen molar-refractivity contribution in [2.24, 2.45) is 0 Å². The third-order valence-electron chi connectivity index (χ3n) is 3.05. The van der Waals surface area contributed by atoms with E-state index in [-0.39, 0.29) is 13.0 Å². The minimum absolute atomic E-state index is 0.0662. The van der Waals surface area contributed by atoms with Gasteiger partial charge in [-0.15, -0.1) is 0 Å². The monoisotopic (exact) mass is 379 g/mol. The second-order valence-electron chi connectivity index (χ2n) is 4.84. The summed E-state index contributed by atoms with van der Waals surface area (Å²) in [5.41, 5.74) is -0.955. The minimum atomic E-state index is -4.84. The number of hydrogen-bond acceptors (Lipinski definition) is 5. The molecule has 1 N–H and O–H groups in total. The van der Waals surface area contributed by atoms with Gasteiger partial charge in [0.15, 0.2) is 0 Å². The van der Waals surface area contributed by atoms with Crippen molar-refractivity contribution < 1.29 is 32.2 Å². The fraction of sp³-hybridized carbons (Fsp3) is 0.375. The van der Waals surface area contributed by atoms with E-state index in [0.29, 0.717) is 16.7 Å². The van der Waals surface area contributed by atoms with Gasteiger partial charge in [0.1, 0.15) is 5.70 Å². The Kier molecular flexibility index (Phi) is 7.76. The molecule has 0 radical (unpaired) electrons. The predicted molar refractivity (Wildman–Crippen MR) is 84.7 cm³/mol. The third-order valence-corrected chi connectivity index (χ3v) is 3.31. The Bertz CT molecular complexity index is 629. The summed E-state index contributed by atoms with van der Waals surface area (Å²) < 4.78 is 48.6. The zero-order valence-electron chi connectivity index (χ0n) is 13.5. The molecule has 0 spiro atoms. The Labute approximate surface area is 147 Å². The molecule has 25 heavy (non-hydrogen) atoms. The van der Waals surface area contributed by atoms with Crippen LogP contribution in [0.25, 0.3) is 0 Å². The number of esters is 2. The van der Waals surface area contributed by atoms with Crippen LogP contribution in [-0.4, -0.2) is 31.8 Å². The lowest BCUT2D eigenvalue weighted by Gasteiger charge is -2.23. The van der Waals surface area contributed by atoms with E-state index in [0.717, 1.165) is 7.11 Å². The van der Waals surface area contributed by atoms with Gasteiger partial charge >= 0.3 is 18.1 Å². The highest BCUT2D eigenvalue weighted by Gasteiger charge is 2.36. The number of halogens is 4. The molecule has 1 atom stereocenters. The summed E-state index contributed by atoms with van der Waals surface area (Å²) in [4.78, 5) is 22.9. The summed E-state index contributed by atoms with van der Waals surface area (Å²) in [5.74, 6) is -1.86. The lowest BCUT2D eigenvalue weighted by molar-refractivity contribution is -0.141. The molecule has 5 nitrogen and oxygen atoms in total. The molecule has 0 amide bonds. The number of alkyl halides is 3. The van der Waals surface area contributed by atoms with Gasteiger partial charge in [-0.25, -0.2) is 4.79 Å². The van der Waals surface area contributed by atoms with E-state index < -0.39 is 29.9 Å². The molecule has 0 heterocycles. The van der Waals surface area contributed by atoms with E-state index in [9.17, 15) is 22.8 Å². The van der Waals surface area contributed by atoms with Gasteiger partial charge in [-0.2, -0.15) is 13.2 Å². The number of carbonyl (C=O) groups excluding carboxylic acids is 2. The highest BCUT2D eigenvalue weighted by atomic mass is 35.5. The molecule has 138 valence electrons. The summed E-state index contributed by atoms with van der Waals surface area (Å²) in [6.45, 7) is 1.41. The van der Waals surface area contributed by atoms with E-state index in [1.165, 1.54) is 31.2 Å². The lowest BCUT2D eigenvalue weighted by Crippen LogP contribution is -2.32. The Morgan fingerprint density at radius 2 is 1.88 bits per heavy atom. The molecular weight excluding hydrogens is 363 g/mol. The second-order valence-corrected chi connectivity index (χ2v) is 5.27. The van der Waals surface area contributed by atoms with Crippen molar-refractivity contribution in [3.8, 4) is 0 Å². The first-order valence-corrected chi connectivity index (χ1v) is 7.59. The van der Waals surface area contributed by atoms with Gasteiger partial charge in [0.25, 0.3) is 0 Å².